The van der Waals surface area contributed by atoms with Crippen molar-refractivity contribution in [2.75, 3.05) is 12.3 Å². The molecule has 0 radical (unpaired) electrons. The fourth-order valence-corrected chi connectivity index (χ4v) is 2.66. The molecular weight excluding hydrogens is 314 g/mol. The van der Waals surface area contributed by atoms with Gasteiger partial charge in [0.15, 0.2) is 6.23 Å². The summed E-state index contributed by atoms with van der Waals surface area (Å²) in [6.45, 7) is -0.155. The minimum Gasteiger partial charge on any atom is -0.394 e. The average Bonchev–Trinajstić information content (AvgIpc) is 2.90. The molecule has 2 aromatic rings. The minimum atomic E-state index is -1.08. The van der Waals surface area contributed by atoms with Gasteiger partial charge in [0, 0.05) is 6.20 Å². The number of ether oxygens (including phenoxy) is 2. The van der Waals surface area contributed by atoms with E-state index in [1.807, 2.05) is 30.3 Å². The topological polar surface area (TPSA) is 120 Å². The number of nitrogens with zero attached hydrogens (tertiary/aromatic N) is 2. The van der Waals surface area contributed by atoms with E-state index in [-0.39, 0.29) is 19.0 Å². The van der Waals surface area contributed by atoms with Crippen LogP contribution in [0, 0.1) is 0 Å². The molecule has 1 aromatic carbocycles. The molecule has 0 bridgehead atoms. The zero-order valence-electron chi connectivity index (χ0n) is 12.9. The Morgan fingerprint density at radius 3 is 2.71 bits per heavy atom. The fraction of sp³-hybridized carbons (Fsp3) is 0.375. The van der Waals surface area contributed by atoms with Gasteiger partial charge in [0.05, 0.1) is 13.2 Å². The van der Waals surface area contributed by atoms with Crippen molar-refractivity contribution in [1.82, 2.24) is 9.55 Å². The highest BCUT2D eigenvalue weighted by molar-refractivity contribution is 5.23. The molecule has 0 amide bonds. The highest BCUT2D eigenvalue weighted by atomic mass is 16.6. The average molecular weight is 333 g/mol. The lowest BCUT2D eigenvalue weighted by Crippen LogP contribution is -2.38. The van der Waals surface area contributed by atoms with Crippen LogP contribution < -0.4 is 11.4 Å². The first-order chi connectivity index (χ1) is 11.6. The summed E-state index contributed by atoms with van der Waals surface area (Å²) >= 11 is 0. The molecular formula is C16H19N3O5. The Morgan fingerprint density at radius 1 is 1.29 bits per heavy atom. The molecule has 1 saturated heterocycles. The molecule has 0 aliphatic carbocycles. The van der Waals surface area contributed by atoms with Gasteiger partial charge in [-0.25, -0.2) is 4.79 Å². The number of aliphatic hydroxyl groups excluding tert-OH is 2. The molecule has 1 aliphatic rings. The number of aliphatic hydroxyl groups is 2. The van der Waals surface area contributed by atoms with E-state index in [0.717, 1.165) is 5.56 Å². The van der Waals surface area contributed by atoms with Crippen molar-refractivity contribution in [3.8, 4) is 0 Å². The first-order valence-electron chi connectivity index (χ1n) is 7.54. The molecule has 128 valence electrons. The van der Waals surface area contributed by atoms with Crippen molar-refractivity contribution in [2.45, 2.75) is 31.1 Å². The highest BCUT2D eigenvalue weighted by Crippen LogP contribution is 2.31. The molecule has 4 atom stereocenters. The first-order valence-corrected chi connectivity index (χ1v) is 7.54. The standard InChI is InChI=1S/C16H19N3O5/c17-12-6-7-19(16(22)18-12)15-14(13(21)11(8-20)24-15)23-9-10-4-2-1-3-5-10/h1-7,11,13-15,20-21H,8-9H2,(H2,17,18,22)/t11-,13-,14-,15-/m1/s1. The van der Waals surface area contributed by atoms with Gasteiger partial charge in [0.1, 0.15) is 24.1 Å². The first kappa shape index (κ1) is 16.6. The van der Waals surface area contributed by atoms with E-state index < -0.39 is 30.2 Å². The second-order valence-corrected chi connectivity index (χ2v) is 5.54. The van der Waals surface area contributed by atoms with Crippen LogP contribution in [0.5, 0.6) is 0 Å². The maximum atomic E-state index is 12.0. The van der Waals surface area contributed by atoms with Gasteiger partial charge in [-0.05, 0) is 11.6 Å². The van der Waals surface area contributed by atoms with Gasteiger partial charge in [0.2, 0.25) is 0 Å². The normalized spacial score (nSPS) is 26.6. The predicted molar refractivity (Wildman–Crippen MR) is 84.9 cm³/mol. The second kappa shape index (κ2) is 7.10. The van der Waals surface area contributed by atoms with Crippen LogP contribution in [0.3, 0.4) is 0 Å². The second-order valence-electron chi connectivity index (χ2n) is 5.54. The number of benzene rings is 1. The number of hydrogen-bond acceptors (Lipinski definition) is 7. The Balaban J connectivity index is 1.83. The Bertz CT molecular complexity index is 736. The van der Waals surface area contributed by atoms with Gasteiger partial charge in [0.25, 0.3) is 0 Å². The molecule has 24 heavy (non-hydrogen) atoms. The third-order valence-corrected chi connectivity index (χ3v) is 3.90. The van der Waals surface area contributed by atoms with Gasteiger partial charge in [-0.3, -0.25) is 4.57 Å². The predicted octanol–water partition coefficient (Wildman–Crippen LogP) is -0.339. The summed E-state index contributed by atoms with van der Waals surface area (Å²) in [5, 5.41) is 19.7. The van der Waals surface area contributed by atoms with Crippen LogP contribution in [-0.4, -0.2) is 44.7 Å². The van der Waals surface area contributed by atoms with E-state index >= 15 is 0 Å². The molecule has 8 nitrogen and oxygen atoms in total. The molecule has 1 aliphatic heterocycles. The molecule has 1 aromatic heterocycles. The lowest BCUT2D eigenvalue weighted by atomic mass is 10.1. The van der Waals surface area contributed by atoms with E-state index in [0.29, 0.717) is 0 Å². The van der Waals surface area contributed by atoms with Crippen LogP contribution in [-0.2, 0) is 16.1 Å². The monoisotopic (exact) mass is 333 g/mol. The molecule has 0 spiro atoms. The van der Waals surface area contributed by atoms with Crippen molar-refractivity contribution in [3.05, 3.63) is 58.6 Å². The van der Waals surface area contributed by atoms with Crippen LogP contribution in [0.2, 0.25) is 0 Å². The minimum absolute atomic E-state index is 0.0928. The summed E-state index contributed by atoms with van der Waals surface area (Å²) in [5.41, 5.74) is 5.79. The lowest BCUT2D eigenvalue weighted by molar-refractivity contribution is -0.0796. The maximum absolute atomic E-state index is 12.0. The number of anilines is 1. The van der Waals surface area contributed by atoms with Gasteiger partial charge in [-0.15, -0.1) is 0 Å². The Hall–Kier alpha value is -2.26. The van der Waals surface area contributed by atoms with Crippen LogP contribution in [0.4, 0.5) is 5.82 Å². The van der Waals surface area contributed by atoms with Crippen LogP contribution in [0.15, 0.2) is 47.4 Å². The third kappa shape index (κ3) is 3.31. The summed E-state index contributed by atoms with van der Waals surface area (Å²) in [4.78, 5) is 15.7. The highest BCUT2D eigenvalue weighted by Gasteiger charge is 2.45. The van der Waals surface area contributed by atoms with Crippen molar-refractivity contribution in [2.24, 2.45) is 0 Å². The molecule has 1 fully saturated rings. The van der Waals surface area contributed by atoms with Crippen LogP contribution in [0.1, 0.15) is 11.8 Å². The van der Waals surface area contributed by atoms with Gasteiger partial charge >= 0.3 is 5.69 Å². The largest absolute Gasteiger partial charge is 0.394 e. The quantitative estimate of drug-likeness (QED) is 0.685. The summed E-state index contributed by atoms with van der Waals surface area (Å²) in [6.07, 6.45) is -2.22. The SMILES string of the molecule is Nc1ccn([C@@H]2O[C@H](CO)[C@@H](O)[C@H]2OCc2ccccc2)c(=O)n1. The van der Waals surface area contributed by atoms with E-state index in [1.165, 1.54) is 16.8 Å². The molecule has 3 rings (SSSR count). The molecule has 0 unspecified atom stereocenters. The smallest absolute Gasteiger partial charge is 0.351 e. The summed E-state index contributed by atoms with van der Waals surface area (Å²) < 4.78 is 12.6. The van der Waals surface area contributed by atoms with Crippen molar-refractivity contribution < 1.29 is 19.7 Å². The van der Waals surface area contributed by atoms with Gasteiger partial charge in [-0.2, -0.15) is 4.98 Å². The van der Waals surface area contributed by atoms with Crippen molar-refractivity contribution in [1.29, 1.82) is 0 Å². The summed E-state index contributed by atoms with van der Waals surface area (Å²) in [7, 11) is 0. The zero-order valence-corrected chi connectivity index (χ0v) is 12.9. The lowest BCUT2D eigenvalue weighted by Gasteiger charge is -2.22. The van der Waals surface area contributed by atoms with E-state index in [2.05, 4.69) is 4.98 Å². The number of rotatable bonds is 5. The molecule has 8 heteroatoms. The van der Waals surface area contributed by atoms with E-state index in [1.54, 1.807) is 0 Å². The Labute approximate surface area is 138 Å². The number of aromatic nitrogens is 2. The maximum Gasteiger partial charge on any atom is 0.351 e. The van der Waals surface area contributed by atoms with Crippen molar-refractivity contribution in [3.63, 3.8) is 0 Å². The zero-order chi connectivity index (χ0) is 17.1. The molecule has 0 saturated carbocycles. The fourth-order valence-electron chi connectivity index (χ4n) is 2.66. The van der Waals surface area contributed by atoms with Crippen LogP contribution >= 0.6 is 0 Å². The Morgan fingerprint density at radius 2 is 2.04 bits per heavy atom. The van der Waals surface area contributed by atoms with E-state index in [4.69, 9.17) is 15.2 Å². The third-order valence-electron chi connectivity index (χ3n) is 3.90. The number of nitrogen functional groups attached to an aromatic ring is 1. The molecule has 2 heterocycles. The van der Waals surface area contributed by atoms with Gasteiger partial charge < -0.3 is 25.4 Å². The molecule has 4 N–H and O–H groups in total. The number of hydrogen-bond donors (Lipinski definition) is 3. The van der Waals surface area contributed by atoms with Crippen LogP contribution in [0.25, 0.3) is 0 Å². The summed E-state index contributed by atoms with van der Waals surface area (Å²) in [6, 6.07) is 10.9. The number of nitrogens with two attached hydrogens (primary N) is 1. The Kier molecular flexibility index (Phi) is 4.91. The van der Waals surface area contributed by atoms with Gasteiger partial charge in [-0.1, -0.05) is 30.3 Å². The van der Waals surface area contributed by atoms with Crippen molar-refractivity contribution >= 4 is 5.82 Å². The van der Waals surface area contributed by atoms with E-state index in [9.17, 15) is 15.0 Å². The summed E-state index contributed by atoms with van der Waals surface area (Å²) in [5.74, 6) is 0.0928.